The zero-order chi connectivity index (χ0) is 19.9. The number of hydrogen-bond donors (Lipinski definition) is 1. The molecule has 0 fully saturated rings. The molecule has 3 aromatic rings. The number of halogens is 3. The Kier molecular flexibility index (Phi) is 5.08. The molecule has 0 spiro atoms. The molecule has 11 heteroatoms. The van der Waals surface area contributed by atoms with E-state index < -0.39 is 31.4 Å². The lowest BCUT2D eigenvalue weighted by Gasteiger charge is -2.12. The first-order chi connectivity index (χ1) is 12.6. The van der Waals surface area contributed by atoms with Gasteiger partial charge in [0.15, 0.2) is 0 Å². The SMILES string of the molecule is COc1cc(-n2c(-c3cc(F)c(S(N)(=O)=O)cc3F)csc2=O)ccc1Cl. The summed E-state index contributed by atoms with van der Waals surface area (Å²) in [4.78, 5) is 10.9. The van der Waals surface area contributed by atoms with Crippen LogP contribution in [0.2, 0.25) is 5.02 Å². The highest BCUT2D eigenvalue weighted by Gasteiger charge is 2.22. The number of benzene rings is 2. The standard InChI is InChI=1S/C16H11ClF2N2O4S2/c1-25-14-4-8(2-3-10(14)17)21-13(7-26-16(21)22)9-5-12(19)15(6-11(9)18)27(20,23)24/h2-7H,1H3,(H2,20,23,24). The zero-order valence-electron chi connectivity index (χ0n) is 13.6. The molecule has 0 saturated carbocycles. The Labute approximate surface area is 161 Å². The summed E-state index contributed by atoms with van der Waals surface area (Å²) in [5, 5.41) is 6.51. The van der Waals surface area contributed by atoms with E-state index >= 15 is 0 Å². The average Bonchev–Trinajstić information content (AvgIpc) is 2.97. The summed E-state index contributed by atoms with van der Waals surface area (Å²) in [6.07, 6.45) is 0. The Bertz CT molecular complexity index is 1210. The van der Waals surface area contributed by atoms with Crippen LogP contribution in [-0.2, 0) is 10.0 Å². The van der Waals surface area contributed by atoms with E-state index in [1.54, 1.807) is 0 Å². The molecule has 0 atom stereocenters. The molecule has 0 radical (unpaired) electrons. The monoisotopic (exact) mass is 432 g/mol. The van der Waals surface area contributed by atoms with E-state index in [-0.39, 0.29) is 17.0 Å². The number of methoxy groups -OCH3 is 1. The van der Waals surface area contributed by atoms with Gasteiger partial charge in [0, 0.05) is 17.0 Å². The van der Waals surface area contributed by atoms with Crippen LogP contribution in [0.3, 0.4) is 0 Å². The normalized spacial score (nSPS) is 11.6. The molecule has 0 unspecified atom stereocenters. The van der Waals surface area contributed by atoms with Crippen LogP contribution in [0.25, 0.3) is 16.9 Å². The number of rotatable bonds is 4. The molecular weight excluding hydrogens is 422 g/mol. The third-order valence-electron chi connectivity index (χ3n) is 3.69. The Morgan fingerprint density at radius 2 is 1.89 bits per heavy atom. The second-order valence-electron chi connectivity index (χ2n) is 5.35. The first-order valence-electron chi connectivity index (χ1n) is 7.20. The van der Waals surface area contributed by atoms with E-state index in [2.05, 4.69) is 0 Å². The molecule has 0 saturated heterocycles. The molecule has 142 valence electrons. The van der Waals surface area contributed by atoms with E-state index in [9.17, 15) is 22.0 Å². The highest BCUT2D eigenvalue weighted by atomic mass is 35.5. The summed E-state index contributed by atoms with van der Waals surface area (Å²) < 4.78 is 57.6. The number of thiazole rings is 1. The highest BCUT2D eigenvalue weighted by molar-refractivity contribution is 7.89. The van der Waals surface area contributed by atoms with Gasteiger partial charge in [0.1, 0.15) is 22.3 Å². The van der Waals surface area contributed by atoms with Gasteiger partial charge in [0.05, 0.1) is 23.5 Å². The summed E-state index contributed by atoms with van der Waals surface area (Å²) in [7, 11) is -3.05. The van der Waals surface area contributed by atoms with Crippen molar-refractivity contribution in [3.05, 3.63) is 62.0 Å². The van der Waals surface area contributed by atoms with Crippen molar-refractivity contribution in [1.29, 1.82) is 0 Å². The predicted octanol–water partition coefficient (Wildman–Crippen LogP) is 3.15. The van der Waals surface area contributed by atoms with Gasteiger partial charge in [-0.25, -0.2) is 22.3 Å². The van der Waals surface area contributed by atoms with Crippen LogP contribution < -0.4 is 14.7 Å². The van der Waals surface area contributed by atoms with Crippen LogP contribution in [0.1, 0.15) is 0 Å². The van der Waals surface area contributed by atoms with Crippen molar-refractivity contribution in [3.8, 4) is 22.7 Å². The van der Waals surface area contributed by atoms with Crippen molar-refractivity contribution < 1.29 is 21.9 Å². The van der Waals surface area contributed by atoms with Gasteiger partial charge in [0.2, 0.25) is 10.0 Å². The fraction of sp³-hybridized carbons (Fsp3) is 0.0625. The predicted molar refractivity (Wildman–Crippen MR) is 98.2 cm³/mol. The average molecular weight is 433 g/mol. The second-order valence-corrected chi connectivity index (χ2v) is 8.11. The molecule has 3 rings (SSSR count). The van der Waals surface area contributed by atoms with Crippen molar-refractivity contribution in [2.24, 2.45) is 5.14 Å². The van der Waals surface area contributed by atoms with Gasteiger partial charge in [-0.2, -0.15) is 0 Å². The number of nitrogens with two attached hydrogens (primary N) is 1. The fourth-order valence-corrected chi connectivity index (χ4v) is 4.02. The minimum absolute atomic E-state index is 0.0340. The molecule has 0 aliphatic carbocycles. The van der Waals surface area contributed by atoms with E-state index in [0.29, 0.717) is 22.8 Å². The molecule has 27 heavy (non-hydrogen) atoms. The molecular formula is C16H11ClF2N2O4S2. The Balaban J connectivity index is 2.25. The maximum atomic E-state index is 14.5. The van der Waals surface area contributed by atoms with Crippen LogP contribution in [0, 0.1) is 11.6 Å². The van der Waals surface area contributed by atoms with Crippen molar-refractivity contribution >= 4 is 33.0 Å². The first-order valence-corrected chi connectivity index (χ1v) is 10.0. The maximum absolute atomic E-state index is 14.5. The number of ether oxygens (including phenoxy) is 1. The van der Waals surface area contributed by atoms with Crippen molar-refractivity contribution in [3.63, 3.8) is 0 Å². The van der Waals surface area contributed by atoms with E-state index in [1.165, 1.54) is 30.7 Å². The van der Waals surface area contributed by atoms with Gasteiger partial charge in [0.25, 0.3) is 0 Å². The molecule has 0 aliphatic rings. The summed E-state index contributed by atoms with van der Waals surface area (Å²) in [6.45, 7) is 0. The molecule has 1 aromatic heterocycles. The molecule has 2 aromatic carbocycles. The second kappa shape index (κ2) is 7.04. The molecule has 0 bridgehead atoms. The Morgan fingerprint density at radius 1 is 1.19 bits per heavy atom. The fourth-order valence-electron chi connectivity index (χ4n) is 2.47. The largest absolute Gasteiger partial charge is 0.495 e. The minimum atomic E-state index is -4.44. The van der Waals surface area contributed by atoms with Crippen LogP contribution >= 0.6 is 22.9 Å². The lowest BCUT2D eigenvalue weighted by Crippen LogP contribution is -2.15. The molecule has 1 heterocycles. The number of hydrogen-bond acceptors (Lipinski definition) is 5. The lowest BCUT2D eigenvalue weighted by molar-refractivity contribution is 0.415. The molecule has 0 amide bonds. The third kappa shape index (κ3) is 3.61. The highest BCUT2D eigenvalue weighted by Crippen LogP contribution is 2.32. The topological polar surface area (TPSA) is 91.4 Å². The summed E-state index contributed by atoms with van der Waals surface area (Å²) in [5.41, 5.74) is 0.0479. The van der Waals surface area contributed by atoms with Crippen LogP contribution in [-0.4, -0.2) is 20.1 Å². The Morgan fingerprint density at radius 3 is 2.52 bits per heavy atom. The van der Waals surface area contributed by atoms with Crippen molar-refractivity contribution in [1.82, 2.24) is 4.57 Å². The van der Waals surface area contributed by atoms with E-state index in [4.69, 9.17) is 21.5 Å². The zero-order valence-corrected chi connectivity index (χ0v) is 16.0. The number of primary sulfonamides is 1. The van der Waals surface area contributed by atoms with Crippen LogP contribution in [0.15, 0.2) is 45.4 Å². The number of aromatic nitrogens is 1. The van der Waals surface area contributed by atoms with Gasteiger partial charge in [-0.3, -0.25) is 9.36 Å². The van der Waals surface area contributed by atoms with Crippen LogP contribution in [0.4, 0.5) is 8.78 Å². The lowest BCUT2D eigenvalue weighted by atomic mass is 10.1. The first kappa shape index (κ1) is 19.5. The van der Waals surface area contributed by atoms with E-state index in [1.807, 2.05) is 0 Å². The molecule has 0 aliphatic heterocycles. The quantitative estimate of drug-likeness (QED) is 0.685. The third-order valence-corrected chi connectivity index (χ3v) is 5.66. The van der Waals surface area contributed by atoms with Gasteiger partial charge in [-0.15, -0.1) is 0 Å². The van der Waals surface area contributed by atoms with Crippen LogP contribution in [0.5, 0.6) is 5.75 Å². The summed E-state index contributed by atoms with van der Waals surface area (Å²) in [6, 6.07) is 5.63. The number of sulfonamides is 1. The molecule has 6 nitrogen and oxygen atoms in total. The van der Waals surface area contributed by atoms with Gasteiger partial charge in [-0.1, -0.05) is 22.9 Å². The summed E-state index contributed by atoms with van der Waals surface area (Å²) in [5.74, 6) is -1.99. The number of nitrogens with zero attached hydrogens (tertiary/aromatic N) is 1. The van der Waals surface area contributed by atoms with E-state index in [0.717, 1.165) is 15.9 Å². The molecule has 2 N–H and O–H groups in total. The van der Waals surface area contributed by atoms with Crippen molar-refractivity contribution in [2.45, 2.75) is 4.90 Å². The maximum Gasteiger partial charge on any atom is 0.312 e. The summed E-state index contributed by atoms with van der Waals surface area (Å²) >= 11 is 6.74. The smallest absolute Gasteiger partial charge is 0.312 e. The minimum Gasteiger partial charge on any atom is -0.495 e. The van der Waals surface area contributed by atoms with Gasteiger partial charge in [-0.05, 0) is 24.3 Å². The van der Waals surface area contributed by atoms with Crippen molar-refractivity contribution in [2.75, 3.05) is 7.11 Å². The Hall–Kier alpha value is -2.27. The van der Waals surface area contributed by atoms with Gasteiger partial charge >= 0.3 is 4.87 Å². The van der Waals surface area contributed by atoms with Gasteiger partial charge < -0.3 is 4.74 Å².